The molecule has 6 rings (SSSR count). The first-order chi connectivity index (χ1) is 26.0. The molecule has 0 aromatic heterocycles. The summed E-state index contributed by atoms with van der Waals surface area (Å²) in [5.41, 5.74) is 5.81. The van der Waals surface area contributed by atoms with Gasteiger partial charge in [0.2, 0.25) is 0 Å². The molecule has 4 aromatic carbocycles. The van der Waals surface area contributed by atoms with Gasteiger partial charge in [0.1, 0.15) is 13.2 Å². The average molecular weight is 884 g/mol. The number of fused-ring (bicyclic) bond motifs is 2. The normalized spacial score (nSPS) is 13.4. The molecule has 0 fully saturated rings. The zero-order chi connectivity index (χ0) is 40.8. The van der Waals surface area contributed by atoms with Gasteiger partial charge in [0.25, 0.3) is 0 Å². The number of benzene rings is 4. The van der Waals surface area contributed by atoms with Gasteiger partial charge in [-0.15, -0.1) is 0 Å². The van der Waals surface area contributed by atoms with Crippen LogP contribution in [0.15, 0.2) is 102 Å². The number of nitrogens with zero attached hydrogens (tertiary/aromatic N) is 2. The molecule has 2 amide bonds. The second-order valence-corrected chi connectivity index (χ2v) is 16.5. The Morgan fingerprint density at radius 1 is 0.673 bits per heavy atom. The van der Waals surface area contributed by atoms with E-state index in [1.54, 1.807) is 17.0 Å². The summed E-state index contributed by atoms with van der Waals surface area (Å²) in [5.74, 6) is 0.131. The predicted molar refractivity (Wildman–Crippen MR) is 220 cm³/mol. The van der Waals surface area contributed by atoms with Crippen LogP contribution in [-0.4, -0.2) is 36.8 Å². The van der Waals surface area contributed by atoms with Crippen LogP contribution in [0, 0.1) is 17.8 Å². The Morgan fingerprint density at radius 3 is 1.49 bits per heavy atom. The molecule has 0 saturated heterocycles. The molecule has 0 aliphatic carbocycles. The van der Waals surface area contributed by atoms with Crippen molar-refractivity contribution in [2.24, 2.45) is 10.8 Å². The number of ether oxygens (including phenoxy) is 2. The number of carbonyl (C=O) groups excluding carboxylic acids is 4. The van der Waals surface area contributed by atoms with Crippen molar-refractivity contribution in [1.82, 2.24) is 0 Å². The topological polar surface area (TPSA) is 93.2 Å². The molecule has 0 bridgehead atoms. The van der Waals surface area contributed by atoms with Gasteiger partial charge < -0.3 is 16.4 Å². The van der Waals surface area contributed by atoms with E-state index in [1.807, 2.05) is 84.9 Å². The number of carbonyl (C=O) groups is 4. The molecule has 2 heterocycles. The molecule has 0 saturated carbocycles. The van der Waals surface area contributed by atoms with Crippen LogP contribution < -0.4 is 9.80 Å². The Morgan fingerprint density at radius 2 is 1.07 bits per heavy atom. The fourth-order valence-corrected chi connectivity index (χ4v) is 6.00. The monoisotopic (exact) mass is 880 g/mol. The molecule has 8 nitrogen and oxygen atoms in total. The van der Waals surface area contributed by atoms with E-state index >= 15 is 0 Å². The number of hydrogen-bond donors (Lipinski definition) is 0. The molecular weight excluding hydrogens is 833 g/mol. The van der Waals surface area contributed by atoms with E-state index in [9.17, 15) is 19.2 Å². The van der Waals surface area contributed by atoms with Crippen LogP contribution in [0.5, 0.6) is 0 Å². The van der Waals surface area contributed by atoms with Crippen LogP contribution in [0.25, 0.3) is 0 Å². The third-order valence-corrected chi connectivity index (χ3v) is 8.41. The van der Waals surface area contributed by atoms with Gasteiger partial charge in [0, 0.05) is 41.5 Å². The fourth-order valence-electron chi connectivity index (χ4n) is 5.64. The first-order valence-electron chi connectivity index (χ1n) is 18.1. The van der Waals surface area contributed by atoms with Crippen molar-refractivity contribution in [2.75, 3.05) is 22.9 Å². The number of halogens is 2. The molecule has 2 aliphatic heterocycles. The molecule has 4 aromatic rings. The minimum atomic E-state index is -0.431. The third-order valence-electron chi connectivity index (χ3n) is 7.91. The SMILES string of the molecule is CC(C)(C)Cc1ccc2c(c1)C(=O)CCN2C(=O)OCc1ccccc1.O=C1CCN(C(=O)OCc2ccccc2)c2ccc(Br)cc21.[CH2-]C(C)(C)C.[Cl][Zn+]. The predicted octanol–water partition coefficient (Wildman–Crippen LogP) is 11.7. The first kappa shape index (κ1) is 45.5. The number of rotatable bonds is 5. The Hall–Kier alpha value is -3.85. The van der Waals surface area contributed by atoms with Crippen molar-refractivity contribution >= 4 is 60.7 Å². The minimum absolute atomic E-state index is 0.0448. The van der Waals surface area contributed by atoms with Crippen LogP contribution in [0.2, 0.25) is 0 Å². The van der Waals surface area contributed by atoms with Crippen molar-refractivity contribution in [2.45, 2.75) is 74.0 Å². The standard InChI is InChI=1S/C22H25NO3.C17H14BrNO3.C5H11.ClH.Zn/c1-22(2,3)14-17-9-10-19-18(13-17)20(24)11-12-23(19)21(25)26-15-16-7-5-4-6-8-16;18-13-6-7-15-14(10-13)16(20)8-9-19(15)17(21)22-11-12-4-2-1-3-5-12;1-5(2,3)4;;/h4-10,13H,11-12,14-15H2,1-3H3;1-7,10H,8-9,11H2;1H2,2-4H3;1H;/q;;-1;;+2/p-1. The quantitative estimate of drug-likeness (QED) is 0.146. The van der Waals surface area contributed by atoms with Crippen LogP contribution in [0.3, 0.4) is 0 Å². The molecule has 0 radical (unpaired) electrons. The van der Waals surface area contributed by atoms with E-state index in [-0.39, 0.29) is 35.6 Å². The van der Waals surface area contributed by atoms with Gasteiger partial charge >= 0.3 is 39.2 Å². The molecule has 2 aliphatic rings. The molecule has 0 spiro atoms. The van der Waals surface area contributed by atoms with Gasteiger partial charge in [-0.1, -0.05) is 124 Å². The molecule has 288 valence electrons. The van der Waals surface area contributed by atoms with E-state index in [2.05, 4.69) is 64.4 Å². The molecule has 55 heavy (non-hydrogen) atoms. The van der Waals surface area contributed by atoms with Crippen LogP contribution in [-0.2, 0) is 46.4 Å². The fraction of sp³-hybridized carbons (Fsp3) is 0.341. The van der Waals surface area contributed by atoms with Gasteiger partial charge in [-0.3, -0.25) is 19.4 Å². The zero-order valence-electron chi connectivity index (χ0n) is 32.7. The van der Waals surface area contributed by atoms with Gasteiger partial charge in [0.15, 0.2) is 11.6 Å². The summed E-state index contributed by atoms with van der Waals surface area (Å²) in [6.07, 6.45) is 0.675. The molecule has 0 N–H and O–H groups in total. The Labute approximate surface area is 348 Å². The molecular formula is C44H50BrClN2O6Zn. The van der Waals surface area contributed by atoms with E-state index in [0.29, 0.717) is 48.4 Å². The van der Waals surface area contributed by atoms with E-state index in [4.69, 9.17) is 19.2 Å². The summed E-state index contributed by atoms with van der Waals surface area (Å²) in [7, 11) is 4.76. The van der Waals surface area contributed by atoms with Gasteiger partial charge in [-0.25, -0.2) is 9.59 Å². The summed E-state index contributed by atoms with van der Waals surface area (Å²) in [5, 5.41) is 0. The third kappa shape index (κ3) is 15.3. The Kier molecular flexibility index (Phi) is 17.8. The summed E-state index contributed by atoms with van der Waals surface area (Å²) in [6, 6.07) is 30.2. The van der Waals surface area contributed by atoms with Crippen molar-refractivity contribution in [3.63, 3.8) is 0 Å². The van der Waals surface area contributed by atoms with E-state index < -0.39 is 12.2 Å². The number of amides is 2. The molecule has 11 heteroatoms. The summed E-state index contributed by atoms with van der Waals surface area (Å²) >= 11 is 4.20. The van der Waals surface area contributed by atoms with Crippen LogP contribution >= 0.6 is 25.6 Å². The second kappa shape index (κ2) is 21.5. The first-order valence-corrected chi connectivity index (χ1v) is 22.7. The van der Waals surface area contributed by atoms with Crippen molar-refractivity contribution in [1.29, 1.82) is 0 Å². The number of ketones is 2. The summed E-state index contributed by atoms with van der Waals surface area (Å²) in [4.78, 5) is 52.3. The Bertz CT molecular complexity index is 1890. The van der Waals surface area contributed by atoms with Crippen molar-refractivity contribution in [3.8, 4) is 0 Å². The maximum atomic E-state index is 12.5. The van der Waals surface area contributed by atoms with Crippen molar-refractivity contribution < 1.29 is 46.0 Å². The molecule has 0 atom stereocenters. The summed E-state index contributed by atoms with van der Waals surface area (Å²) in [6.45, 7) is 17.7. The van der Waals surface area contributed by atoms with Gasteiger partial charge in [0.05, 0.1) is 11.4 Å². The number of Topliss-reactive ketones (excluding diaryl/α,β-unsaturated/α-hetero) is 2. The second-order valence-electron chi connectivity index (χ2n) is 15.5. The van der Waals surface area contributed by atoms with Gasteiger partial charge in [-0.2, -0.15) is 5.41 Å². The number of hydrogen-bond acceptors (Lipinski definition) is 6. The van der Waals surface area contributed by atoms with Crippen LogP contribution in [0.1, 0.15) is 91.8 Å². The zero-order valence-corrected chi connectivity index (χ0v) is 38.0. The van der Waals surface area contributed by atoms with Crippen molar-refractivity contribution in [3.05, 3.63) is 136 Å². The number of anilines is 2. The van der Waals surface area contributed by atoms with Crippen LogP contribution in [0.4, 0.5) is 21.0 Å². The van der Waals surface area contributed by atoms with E-state index in [0.717, 1.165) is 44.9 Å². The Balaban J connectivity index is 0.000000255. The van der Waals surface area contributed by atoms with Gasteiger partial charge in [-0.05, 0) is 58.9 Å². The maximum absolute atomic E-state index is 12.5. The molecule has 0 unspecified atom stereocenters. The summed E-state index contributed by atoms with van der Waals surface area (Å²) < 4.78 is 11.6. The average Bonchev–Trinajstić information content (AvgIpc) is 3.14. The van der Waals surface area contributed by atoms with E-state index in [1.165, 1.54) is 4.90 Å².